The van der Waals surface area contributed by atoms with Crippen LogP contribution < -0.4 is 22.3 Å². The quantitative estimate of drug-likeness (QED) is 0.187. The molecule has 0 bridgehead atoms. The number of carbonyl (C=O) groups is 2. The van der Waals surface area contributed by atoms with E-state index in [2.05, 4.69) is 20.8 Å². The minimum atomic E-state index is -1.47. The van der Waals surface area contributed by atoms with Crippen molar-refractivity contribution in [1.82, 2.24) is 10.9 Å². The van der Waals surface area contributed by atoms with E-state index in [1.54, 1.807) is 27.7 Å². The third-order valence-corrected chi connectivity index (χ3v) is 5.37. The Balaban J connectivity index is 1.84. The smallest absolute Gasteiger partial charge is 0.208 e. The van der Waals surface area contributed by atoms with Crippen LogP contribution in [0.4, 0.5) is 0 Å². The van der Waals surface area contributed by atoms with Crippen LogP contribution in [0.2, 0.25) is 0 Å². The second-order valence-corrected chi connectivity index (χ2v) is 8.39. The van der Waals surface area contributed by atoms with Gasteiger partial charge in [-0.25, -0.2) is 9.98 Å². The van der Waals surface area contributed by atoms with Crippen LogP contribution in [-0.4, -0.2) is 57.0 Å². The summed E-state index contributed by atoms with van der Waals surface area (Å²) < 4.78 is 0. The number of nitrogens with zero attached hydrogens (tertiary/aromatic N) is 2. The molecule has 2 fully saturated rings. The Labute approximate surface area is 164 Å². The number of Topliss-reactive ketones (excluding diaryl/α,β-unsaturated/α-hetero) is 2. The largest absolute Gasteiger partial charge is 0.382 e. The molecule has 0 aromatic heterocycles. The maximum absolute atomic E-state index is 12.1. The molecule has 0 amide bonds. The van der Waals surface area contributed by atoms with Crippen LogP contribution in [0.1, 0.15) is 53.4 Å². The Morgan fingerprint density at radius 2 is 1.46 bits per heavy atom. The lowest BCUT2D eigenvalue weighted by Gasteiger charge is -2.42. The first-order chi connectivity index (χ1) is 12.9. The van der Waals surface area contributed by atoms with Gasteiger partial charge in [0.25, 0.3) is 0 Å². The SMILES string of the molecule is CC(C)C(=O)C1(O)CC(N=C(N)NNC(N)=NC2CCC2(O)C(=O)C(C)C)C1. The zero-order valence-corrected chi connectivity index (χ0v) is 16.9. The van der Waals surface area contributed by atoms with Gasteiger partial charge in [0.05, 0.1) is 12.1 Å². The summed E-state index contributed by atoms with van der Waals surface area (Å²) in [5, 5.41) is 20.7. The van der Waals surface area contributed by atoms with E-state index in [0.717, 1.165) is 0 Å². The van der Waals surface area contributed by atoms with Gasteiger partial charge in [-0.1, -0.05) is 27.7 Å². The van der Waals surface area contributed by atoms with Crippen LogP contribution in [-0.2, 0) is 9.59 Å². The van der Waals surface area contributed by atoms with E-state index in [1.807, 2.05) is 0 Å². The first kappa shape index (κ1) is 22.1. The number of aliphatic hydroxyl groups is 2. The third-order valence-electron chi connectivity index (χ3n) is 5.37. The summed E-state index contributed by atoms with van der Waals surface area (Å²) in [6, 6.07) is -0.862. The zero-order chi connectivity index (χ0) is 21.3. The Morgan fingerprint density at radius 3 is 1.89 bits per heavy atom. The number of rotatable bonds is 6. The van der Waals surface area contributed by atoms with Crippen molar-refractivity contribution in [2.45, 2.75) is 76.7 Å². The van der Waals surface area contributed by atoms with E-state index < -0.39 is 17.2 Å². The molecular formula is C18H32N6O4. The molecule has 2 unspecified atom stereocenters. The molecule has 2 saturated carbocycles. The Bertz CT molecular complexity index is 684. The van der Waals surface area contributed by atoms with E-state index in [0.29, 0.717) is 12.8 Å². The molecule has 8 N–H and O–H groups in total. The number of hydrogen-bond acceptors (Lipinski definition) is 6. The van der Waals surface area contributed by atoms with Gasteiger partial charge in [0.2, 0.25) is 11.9 Å². The van der Waals surface area contributed by atoms with Crippen molar-refractivity contribution in [2.75, 3.05) is 0 Å². The highest BCUT2D eigenvalue weighted by atomic mass is 16.3. The molecule has 10 nitrogen and oxygen atoms in total. The third kappa shape index (κ3) is 4.44. The summed E-state index contributed by atoms with van der Waals surface area (Å²) >= 11 is 0. The van der Waals surface area contributed by atoms with Gasteiger partial charge in [-0.3, -0.25) is 20.4 Å². The molecule has 0 aromatic rings. The van der Waals surface area contributed by atoms with E-state index >= 15 is 0 Å². The average molecular weight is 396 g/mol. The van der Waals surface area contributed by atoms with Crippen LogP contribution in [0.5, 0.6) is 0 Å². The normalized spacial score (nSPS) is 33.3. The minimum absolute atomic E-state index is 0.0297. The molecular weight excluding hydrogens is 364 g/mol. The van der Waals surface area contributed by atoms with Gasteiger partial charge >= 0.3 is 0 Å². The van der Waals surface area contributed by atoms with Crippen LogP contribution >= 0.6 is 0 Å². The predicted molar refractivity (Wildman–Crippen MR) is 105 cm³/mol. The number of hydrazine groups is 1. The highest BCUT2D eigenvalue weighted by Gasteiger charge is 2.52. The first-order valence-electron chi connectivity index (χ1n) is 9.61. The minimum Gasteiger partial charge on any atom is -0.382 e. The highest BCUT2D eigenvalue weighted by Crippen LogP contribution is 2.38. The molecule has 28 heavy (non-hydrogen) atoms. The Hall–Kier alpha value is -2.20. The van der Waals surface area contributed by atoms with Gasteiger partial charge in [-0.2, -0.15) is 0 Å². The fourth-order valence-corrected chi connectivity index (χ4v) is 3.61. The fraction of sp³-hybridized carbons (Fsp3) is 0.778. The number of nitrogens with two attached hydrogens (primary N) is 2. The van der Waals surface area contributed by atoms with Crippen molar-refractivity contribution >= 4 is 23.5 Å². The topological polar surface area (TPSA) is 175 Å². The maximum Gasteiger partial charge on any atom is 0.208 e. The van der Waals surface area contributed by atoms with Crippen molar-refractivity contribution in [3.63, 3.8) is 0 Å². The molecule has 158 valence electrons. The molecule has 0 aliphatic heterocycles. The van der Waals surface area contributed by atoms with Gasteiger partial charge < -0.3 is 21.7 Å². The van der Waals surface area contributed by atoms with E-state index in [1.165, 1.54) is 0 Å². The standard InChI is InChI=1S/C18H32N6O4/c1-9(2)13(25)17(27)7-11(8-17)21-15(19)23-24-16(20)22-12-5-6-18(12,28)14(26)10(3)4/h9-12,27-28H,5-8H2,1-4H3,(H3,19,21,23)(H3,20,22,24). The maximum atomic E-state index is 12.1. The number of hydrogen-bond donors (Lipinski definition) is 6. The second kappa shape index (κ2) is 8.04. The summed E-state index contributed by atoms with van der Waals surface area (Å²) in [5.74, 6) is -0.966. The molecule has 0 heterocycles. The van der Waals surface area contributed by atoms with E-state index in [9.17, 15) is 19.8 Å². The molecule has 2 aliphatic rings. The lowest BCUT2D eigenvalue weighted by molar-refractivity contribution is -0.152. The first-order valence-corrected chi connectivity index (χ1v) is 9.61. The molecule has 2 aliphatic carbocycles. The van der Waals surface area contributed by atoms with Crippen LogP contribution in [0.3, 0.4) is 0 Å². The number of ketones is 2. The summed E-state index contributed by atoms with van der Waals surface area (Å²) in [6.07, 6.45) is 1.37. The van der Waals surface area contributed by atoms with Gasteiger partial charge in [0.15, 0.2) is 11.6 Å². The molecule has 2 atom stereocenters. The summed E-state index contributed by atoms with van der Waals surface area (Å²) in [6.45, 7) is 6.96. The Morgan fingerprint density at radius 1 is 0.964 bits per heavy atom. The number of guanidine groups is 2. The summed E-state index contributed by atoms with van der Waals surface area (Å²) in [4.78, 5) is 32.4. The summed E-state index contributed by atoms with van der Waals surface area (Å²) in [7, 11) is 0. The Kier molecular flexibility index (Phi) is 6.34. The van der Waals surface area contributed by atoms with Crippen LogP contribution in [0.25, 0.3) is 0 Å². The lowest BCUT2D eigenvalue weighted by atomic mass is 9.70. The fourth-order valence-electron chi connectivity index (χ4n) is 3.61. The van der Waals surface area contributed by atoms with Crippen molar-refractivity contribution in [3.05, 3.63) is 0 Å². The van der Waals surface area contributed by atoms with Crippen LogP contribution in [0.15, 0.2) is 9.98 Å². The van der Waals surface area contributed by atoms with Gasteiger partial charge in [0, 0.05) is 24.7 Å². The molecule has 0 spiro atoms. The van der Waals surface area contributed by atoms with E-state index in [4.69, 9.17) is 11.5 Å². The van der Waals surface area contributed by atoms with Crippen molar-refractivity contribution in [2.24, 2.45) is 33.3 Å². The second-order valence-electron chi connectivity index (χ2n) is 8.39. The lowest BCUT2D eigenvalue weighted by Crippen LogP contribution is -2.59. The monoisotopic (exact) mass is 396 g/mol. The van der Waals surface area contributed by atoms with Gasteiger partial charge in [-0.15, -0.1) is 0 Å². The number of carbonyl (C=O) groups excluding carboxylic acids is 2. The zero-order valence-electron chi connectivity index (χ0n) is 16.9. The summed E-state index contributed by atoms with van der Waals surface area (Å²) in [5.41, 5.74) is 13.9. The van der Waals surface area contributed by atoms with Gasteiger partial charge in [-0.05, 0) is 12.8 Å². The van der Waals surface area contributed by atoms with Crippen molar-refractivity contribution < 1.29 is 19.8 Å². The molecule has 0 radical (unpaired) electrons. The molecule has 0 aromatic carbocycles. The van der Waals surface area contributed by atoms with Gasteiger partial charge in [0.1, 0.15) is 11.2 Å². The number of nitrogens with one attached hydrogen (secondary N) is 2. The average Bonchev–Trinajstić information content (AvgIpc) is 2.59. The highest BCUT2D eigenvalue weighted by molar-refractivity contribution is 5.92. The van der Waals surface area contributed by atoms with E-state index in [-0.39, 0.29) is 54.2 Å². The molecule has 0 saturated heterocycles. The van der Waals surface area contributed by atoms with Crippen LogP contribution in [0, 0.1) is 11.8 Å². The molecule has 10 heteroatoms. The predicted octanol–water partition coefficient (Wildman–Crippen LogP) is -1.05. The molecule has 2 rings (SSSR count). The van der Waals surface area contributed by atoms with Crippen molar-refractivity contribution in [1.29, 1.82) is 0 Å². The van der Waals surface area contributed by atoms with Crippen molar-refractivity contribution in [3.8, 4) is 0 Å². The number of aliphatic imine (C=N–C) groups is 2.